The molecule has 2 heteroatoms. The fraction of sp³-hybridized carbons (Fsp3) is 0.118. The number of carbonyl (C=O) groups is 1. The maximum Gasteiger partial charge on any atom is 0.324 e. The van der Waals surface area contributed by atoms with E-state index >= 15 is 0 Å². The van der Waals surface area contributed by atoms with Crippen LogP contribution in [0.15, 0.2) is 66.7 Å². The molecule has 0 spiro atoms. The Kier molecular flexibility index (Phi) is 2.71. The van der Waals surface area contributed by atoms with E-state index in [1.165, 1.54) is 7.11 Å². The number of hydrogen-bond acceptors (Lipinski definition) is 2. The predicted molar refractivity (Wildman–Crippen MR) is 74.6 cm³/mol. The van der Waals surface area contributed by atoms with Gasteiger partial charge in [0.05, 0.1) is 7.11 Å². The van der Waals surface area contributed by atoms with E-state index in [0.29, 0.717) is 0 Å². The summed E-state index contributed by atoms with van der Waals surface area (Å²) in [5.41, 5.74) is 2.35. The minimum atomic E-state index is -0.697. The van der Waals surface area contributed by atoms with E-state index < -0.39 is 5.41 Å². The van der Waals surface area contributed by atoms with Crippen LogP contribution in [0.3, 0.4) is 0 Å². The van der Waals surface area contributed by atoms with Gasteiger partial charge in [0, 0.05) is 0 Å². The van der Waals surface area contributed by atoms with Gasteiger partial charge in [0.25, 0.3) is 0 Å². The van der Waals surface area contributed by atoms with Crippen LogP contribution in [0, 0.1) is 0 Å². The lowest BCUT2D eigenvalue weighted by Crippen LogP contribution is -2.25. The summed E-state index contributed by atoms with van der Waals surface area (Å²) in [6.07, 6.45) is 1.98. The summed E-state index contributed by atoms with van der Waals surface area (Å²) in [6, 6.07) is 19.7. The zero-order chi connectivity index (χ0) is 13.3. The van der Waals surface area contributed by atoms with Gasteiger partial charge in [-0.05, 0) is 16.7 Å². The molecule has 2 nitrogen and oxygen atoms in total. The molecule has 0 fully saturated rings. The highest BCUT2D eigenvalue weighted by atomic mass is 16.5. The highest BCUT2D eigenvalue weighted by Crippen LogP contribution is 2.53. The number of ether oxygens (including phenoxy) is 1. The normalized spacial score (nSPS) is 20.6. The number of benzene rings is 2. The Balaban J connectivity index is 2.03. The molecule has 2 aromatic rings. The van der Waals surface area contributed by atoms with Crippen LogP contribution < -0.4 is 0 Å². The van der Waals surface area contributed by atoms with Gasteiger partial charge < -0.3 is 4.74 Å². The molecule has 2 aromatic carbocycles. The van der Waals surface area contributed by atoms with E-state index in [4.69, 9.17) is 4.74 Å². The molecule has 1 atom stereocenters. The van der Waals surface area contributed by atoms with Crippen molar-refractivity contribution in [1.82, 2.24) is 0 Å². The van der Waals surface area contributed by atoms with Gasteiger partial charge in [-0.25, -0.2) is 0 Å². The third kappa shape index (κ3) is 1.76. The van der Waals surface area contributed by atoms with Crippen molar-refractivity contribution in [1.29, 1.82) is 0 Å². The van der Waals surface area contributed by atoms with Crippen molar-refractivity contribution in [3.05, 3.63) is 77.9 Å². The molecule has 0 N–H and O–H groups in total. The average molecular weight is 250 g/mol. The monoisotopic (exact) mass is 250 g/mol. The summed E-state index contributed by atoms with van der Waals surface area (Å²) in [5.74, 6) is -0.224. The molecule has 0 amide bonds. The first-order chi connectivity index (χ1) is 9.29. The molecule has 0 saturated heterocycles. The standard InChI is InChI=1S/C17H14O2/c1-19-16(18)17(14-10-6-3-7-11-14)12-15(17)13-8-4-2-5-9-13/h2-12H,1H3. The Labute approximate surface area is 112 Å². The fourth-order valence-electron chi connectivity index (χ4n) is 2.50. The Bertz CT molecular complexity index is 629. The average Bonchev–Trinajstić information content (AvgIpc) is 3.25. The minimum Gasteiger partial charge on any atom is -0.468 e. The number of esters is 1. The van der Waals surface area contributed by atoms with E-state index in [9.17, 15) is 4.79 Å². The van der Waals surface area contributed by atoms with Crippen molar-refractivity contribution in [3.63, 3.8) is 0 Å². The third-order valence-electron chi connectivity index (χ3n) is 3.52. The molecule has 0 bridgehead atoms. The van der Waals surface area contributed by atoms with Crippen LogP contribution in [0.4, 0.5) is 0 Å². The first-order valence-corrected chi connectivity index (χ1v) is 6.22. The lowest BCUT2D eigenvalue weighted by molar-refractivity contribution is -0.142. The Morgan fingerprint density at radius 1 is 0.947 bits per heavy atom. The van der Waals surface area contributed by atoms with Gasteiger partial charge in [-0.3, -0.25) is 4.79 Å². The van der Waals surface area contributed by atoms with Crippen LogP contribution in [-0.2, 0) is 14.9 Å². The van der Waals surface area contributed by atoms with Crippen molar-refractivity contribution in [2.45, 2.75) is 5.41 Å². The van der Waals surface area contributed by atoms with Gasteiger partial charge in [0.1, 0.15) is 5.41 Å². The SMILES string of the molecule is COC(=O)C1(c2ccccc2)C=C1c1ccccc1. The molecule has 94 valence electrons. The van der Waals surface area contributed by atoms with E-state index in [1.807, 2.05) is 66.7 Å². The minimum absolute atomic E-state index is 0.224. The van der Waals surface area contributed by atoms with Gasteiger partial charge in [-0.1, -0.05) is 66.7 Å². The molecular weight excluding hydrogens is 236 g/mol. The van der Waals surface area contributed by atoms with E-state index in [1.54, 1.807) is 0 Å². The van der Waals surface area contributed by atoms with Gasteiger partial charge in [-0.15, -0.1) is 0 Å². The molecule has 0 aliphatic heterocycles. The first-order valence-electron chi connectivity index (χ1n) is 6.22. The second kappa shape index (κ2) is 4.39. The Morgan fingerprint density at radius 2 is 1.53 bits per heavy atom. The molecule has 0 saturated carbocycles. The van der Waals surface area contributed by atoms with Crippen molar-refractivity contribution < 1.29 is 9.53 Å². The molecule has 0 heterocycles. The summed E-state index contributed by atoms with van der Waals surface area (Å²) in [6.45, 7) is 0. The molecule has 0 radical (unpaired) electrons. The maximum atomic E-state index is 12.2. The summed E-state index contributed by atoms with van der Waals surface area (Å²) in [4.78, 5) is 12.2. The summed E-state index contributed by atoms with van der Waals surface area (Å²) in [5, 5.41) is 0. The number of carbonyl (C=O) groups excluding carboxylic acids is 1. The van der Waals surface area contributed by atoms with Gasteiger partial charge in [0.15, 0.2) is 0 Å². The maximum absolute atomic E-state index is 12.2. The largest absolute Gasteiger partial charge is 0.468 e. The molecule has 1 aliphatic rings. The molecule has 19 heavy (non-hydrogen) atoms. The lowest BCUT2D eigenvalue weighted by Gasteiger charge is -2.16. The van der Waals surface area contributed by atoms with Crippen LogP contribution in [-0.4, -0.2) is 13.1 Å². The third-order valence-corrected chi connectivity index (χ3v) is 3.52. The second-order valence-electron chi connectivity index (χ2n) is 4.59. The van der Waals surface area contributed by atoms with E-state index in [2.05, 4.69) is 0 Å². The lowest BCUT2D eigenvalue weighted by atomic mass is 9.88. The first kappa shape index (κ1) is 11.7. The van der Waals surface area contributed by atoms with Crippen LogP contribution in [0.25, 0.3) is 5.57 Å². The predicted octanol–water partition coefficient (Wildman–Crippen LogP) is 3.19. The van der Waals surface area contributed by atoms with Crippen molar-refractivity contribution in [2.75, 3.05) is 7.11 Å². The van der Waals surface area contributed by atoms with Crippen LogP contribution in [0.5, 0.6) is 0 Å². The highest BCUT2D eigenvalue weighted by molar-refractivity contribution is 6.12. The number of rotatable bonds is 3. The topological polar surface area (TPSA) is 26.3 Å². The molecule has 1 unspecified atom stereocenters. The summed E-state index contributed by atoms with van der Waals surface area (Å²) in [7, 11) is 1.43. The summed E-state index contributed by atoms with van der Waals surface area (Å²) >= 11 is 0. The fourth-order valence-corrected chi connectivity index (χ4v) is 2.50. The van der Waals surface area contributed by atoms with Gasteiger partial charge >= 0.3 is 5.97 Å². The second-order valence-corrected chi connectivity index (χ2v) is 4.59. The molecular formula is C17H14O2. The van der Waals surface area contributed by atoms with E-state index in [0.717, 1.165) is 16.7 Å². The van der Waals surface area contributed by atoms with E-state index in [-0.39, 0.29) is 5.97 Å². The Morgan fingerprint density at radius 3 is 2.11 bits per heavy atom. The zero-order valence-corrected chi connectivity index (χ0v) is 10.7. The quantitative estimate of drug-likeness (QED) is 0.782. The number of methoxy groups -OCH3 is 1. The van der Waals surface area contributed by atoms with Crippen molar-refractivity contribution in [3.8, 4) is 0 Å². The van der Waals surface area contributed by atoms with Crippen LogP contribution in [0.1, 0.15) is 11.1 Å². The van der Waals surface area contributed by atoms with Crippen LogP contribution >= 0.6 is 0 Å². The van der Waals surface area contributed by atoms with Gasteiger partial charge in [0.2, 0.25) is 0 Å². The highest BCUT2D eigenvalue weighted by Gasteiger charge is 2.53. The smallest absolute Gasteiger partial charge is 0.324 e. The Hall–Kier alpha value is -2.35. The molecule has 3 rings (SSSR count). The zero-order valence-electron chi connectivity index (χ0n) is 10.7. The van der Waals surface area contributed by atoms with Crippen LogP contribution in [0.2, 0.25) is 0 Å². The van der Waals surface area contributed by atoms with Crippen molar-refractivity contribution >= 4 is 11.5 Å². The molecule has 0 aromatic heterocycles. The summed E-state index contributed by atoms with van der Waals surface area (Å²) < 4.78 is 4.99. The molecule has 1 aliphatic carbocycles. The number of hydrogen-bond donors (Lipinski definition) is 0. The van der Waals surface area contributed by atoms with Gasteiger partial charge in [-0.2, -0.15) is 0 Å². The van der Waals surface area contributed by atoms with Crippen molar-refractivity contribution in [2.24, 2.45) is 0 Å².